The molecule has 4 aromatic heterocycles. The molecule has 4 heterocycles. The van der Waals surface area contributed by atoms with E-state index in [0.717, 1.165) is 106 Å². The molecule has 0 amide bonds. The molecule has 0 fully saturated rings. The third kappa shape index (κ3) is 6.05. The van der Waals surface area contributed by atoms with E-state index in [0.29, 0.717) is 39.3 Å². The van der Waals surface area contributed by atoms with Gasteiger partial charge in [-0.1, -0.05) is 206 Å². The van der Waals surface area contributed by atoms with E-state index < -0.39 is 18.1 Å². The second-order valence-electron chi connectivity index (χ2n) is 18.5. The molecule has 0 spiro atoms. The average molecular weight is 980 g/mol. The van der Waals surface area contributed by atoms with Gasteiger partial charge in [0.15, 0.2) is 0 Å². The van der Waals surface area contributed by atoms with Gasteiger partial charge in [-0.2, -0.15) is 5.26 Å². The largest absolute Gasteiger partial charge is 0.318 e. The minimum atomic E-state index is -0.445. The maximum Gasteiger partial charge on any atom is 0.220 e. The van der Waals surface area contributed by atoms with Crippen LogP contribution >= 0.6 is 22.7 Å². The fourth-order valence-electron chi connectivity index (χ4n) is 11.6. The highest BCUT2D eigenvalue weighted by atomic mass is 32.1. The maximum absolute atomic E-state index is 12.3. The van der Waals surface area contributed by atoms with Crippen molar-refractivity contribution in [3.63, 3.8) is 0 Å². The first-order chi connectivity index (χ1) is 38.7. The van der Waals surface area contributed by atoms with Crippen LogP contribution in [-0.4, -0.2) is 9.13 Å². The quantitative estimate of drug-likeness (QED) is 0.153. The summed E-state index contributed by atoms with van der Waals surface area (Å²) < 4.78 is 52.5. The van der Waals surface area contributed by atoms with Crippen LogP contribution in [0.1, 0.15) is 12.4 Å². The zero-order valence-corrected chi connectivity index (χ0v) is 40.8. The first-order valence-electron chi connectivity index (χ1n) is 26.8. The number of nitriles is 1. The van der Waals surface area contributed by atoms with Crippen LogP contribution in [0.2, 0.25) is 0 Å². The van der Waals surface area contributed by atoms with E-state index in [1.165, 1.54) is 11.3 Å². The van der Waals surface area contributed by atoms with E-state index >= 15 is 0 Å². The van der Waals surface area contributed by atoms with E-state index in [1.807, 2.05) is 91.0 Å². The van der Waals surface area contributed by atoms with Crippen LogP contribution in [0.5, 0.6) is 0 Å². The normalized spacial score (nSPS) is 12.7. The lowest BCUT2D eigenvalue weighted by Crippen LogP contribution is -2.09. The summed E-state index contributed by atoms with van der Waals surface area (Å²) in [6.45, 7) is 9.42. The highest BCUT2D eigenvalue weighted by Crippen LogP contribution is 2.55. The molecule has 15 rings (SSSR count). The Hall–Kier alpha value is -9.56. The molecule has 0 saturated carbocycles. The molecular formula is C68H38N4S2. The minimum Gasteiger partial charge on any atom is -0.318 e. The summed E-state index contributed by atoms with van der Waals surface area (Å²) in [5.41, 5.74) is 11.1. The smallest absolute Gasteiger partial charge is 0.220 e. The van der Waals surface area contributed by atoms with E-state index in [2.05, 4.69) is 129 Å². The molecule has 4 nitrogen and oxygen atoms in total. The first-order valence-corrected chi connectivity index (χ1v) is 25.9. The van der Waals surface area contributed by atoms with Crippen LogP contribution < -0.4 is 0 Å². The van der Waals surface area contributed by atoms with Crippen LogP contribution in [0.3, 0.4) is 0 Å². The Morgan fingerprint density at radius 1 is 0.432 bits per heavy atom. The van der Waals surface area contributed by atoms with Crippen molar-refractivity contribution in [2.75, 3.05) is 0 Å². The van der Waals surface area contributed by atoms with Crippen LogP contribution in [0, 0.1) is 17.9 Å². The monoisotopic (exact) mass is 979 g/mol. The van der Waals surface area contributed by atoms with E-state index in [-0.39, 0.29) is 17.6 Å². The number of aromatic nitrogens is 2. The zero-order valence-electron chi connectivity index (χ0n) is 44.2. The molecule has 6 heteroatoms. The van der Waals surface area contributed by atoms with Gasteiger partial charge in [-0.15, -0.1) is 22.7 Å². The van der Waals surface area contributed by atoms with Gasteiger partial charge in [0.05, 0.1) is 61.8 Å². The van der Waals surface area contributed by atoms with Gasteiger partial charge >= 0.3 is 0 Å². The van der Waals surface area contributed by atoms with Crippen molar-refractivity contribution < 1.29 is 6.85 Å². The number of hydrogen-bond donors (Lipinski definition) is 0. The summed E-state index contributed by atoms with van der Waals surface area (Å²) in [5, 5.41) is 20.2. The molecule has 0 aliphatic carbocycles. The van der Waals surface area contributed by atoms with Gasteiger partial charge in [-0.25, -0.2) is 4.85 Å². The molecule has 0 N–H and O–H groups in total. The van der Waals surface area contributed by atoms with Crippen molar-refractivity contribution in [3.8, 4) is 62.0 Å². The first kappa shape index (κ1) is 37.3. The molecule has 0 bridgehead atoms. The van der Waals surface area contributed by atoms with Crippen LogP contribution in [0.15, 0.2) is 230 Å². The summed E-state index contributed by atoms with van der Waals surface area (Å²) in [6.07, 6.45) is 0. The summed E-state index contributed by atoms with van der Waals surface area (Å²) in [5.74, 6) is 0. The third-order valence-electron chi connectivity index (χ3n) is 14.7. The Bertz CT molecular complexity index is 5190. The second-order valence-corrected chi connectivity index (χ2v) is 20.5. The molecule has 0 aliphatic rings. The Balaban J connectivity index is 1.20. The number of thiophene rings is 2. The van der Waals surface area contributed by atoms with Crippen LogP contribution in [0.25, 0.3) is 145 Å². The van der Waals surface area contributed by atoms with Gasteiger partial charge in [0, 0.05) is 63.6 Å². The van der Waals surface area contributed by atoms with Crippen molar-refractivity contribution in [2.45, 2.75) is 0 Å². The van der Waals surface area contributed by atoms with Gasteiger partial charge in [-0.05, 0) is 57.6 Å². The summed E-state index contributed by atoms with van der Waals surface area (Å²) in [7, 11) is 0. The van der Waals surface area contributed by atoms with Gasteiger partial charge in [-0.3, -0.25) is 0 Å². The topological polar surface area (TPSA) is 38.0 Å². The Labute approximate surface area is 440 Å². The SMILES string of the molecule is [2H]c1c([2H])c([2H])c(-c2cccc3c2sc2c3ccc3c4ccc5c6ccccc6sc5c4n(-c4c(C#N)c(-c5ccccc5)c([N+]#[C-])c(-n5c6ccccc6c6cc(-c7ccccc7)ccc65)c4-c4ccccc4)c32)c([2H])c1[2H]. The van der Waals surface area contributed by atoms with Crippen molar-refractivity contribution in [1.82, 2.24) is 9.13 Å². The standard InChI is InChI=1S/C68H38N4S2/c1-70-61-59(43-23-10-4-11-24-43)55(40-69)62(60(44-25-12-5-13-26-44)65(61)71-56-31-16-14-27-47(56)54-39-45(33-38-57(54)71)41-19-6-2-7-20-41)72-63-49(34-36-52-48-28-15-17-32-58(48)73-67(52)63)50-35-37-53-51-30-18-29-46(42-21-8-3-9-22-42)66(51)74-68(53)64(50)72/h2-39H/i3D,8D,9D,21D,22D. The van der Waals surface area contributed by atoms with Crippen molar-refractivity contribution in [1.29, 1.82) is 5.26 Å². The molecule has 0 aliphatic heterocycles. The van der Waals surface area contributed by atoms with Gasteiger partial charge in [0.1, 0.15) is 6.07 Å². The molecule has 0 radical (unpaired) electrons. The molecule has 342 valence electrons. The predicted molar refractivity (Wildman–Crippen MR) is 314 cm³/mol. The number of fused-ring (bicyclic) bond motifs is 14. The Kier molecular flexibility index (Phi) is 8.31. The highest BCUT2D eigenvalue weighted by molar-refractivity contribution is 7.27. The lowest BCUT2D eigenvalue weighted by atomic mass is 9.88. The molecule has 74 heavy (non-hydrogen) atoms. The Morgan fingerprint density at radius 2 is 1.00 bits per heavy atom. The lowest BCUT2D eigenvalue weighted by Gasteiger charge is -2.26. The number of rotatable bonds is 6. The summed E-state index contributed by atoms with van der Waals surface area (Å²) >= 11 is 3.23. The molecule has 11 aromatic carbocycles. The van der Waals surface area contributed by atoms with E-state index in [9.17, 15) is 11.8 Å². The molecule has 0 atom stereocenters. The number of hydrogen-bond acceptors (Lipinski definition) is 3. The Morgan fingerprint density at radius 3 is 1.70 bits per heavy atom. The number of para-hydroxylation sites is 1. The second kappa shape index (κ2) is 16.5. The number of nitrogens with zero attached hydrogens (tertiary/aromatic N) is 4. The van der Waals surface area contributed by atoms with Crippen LogP contribution in [0.4, 0.5) is 5.69 Å². The van der Waals surface area contributed by atoms with Crippen molar-refractivity contribution >= 4 is 112 Å². The average Bonchev–Trinajstić information content (AvgIpc) is 2.78. The number of benzene rings is 11. The summed E-state index contributed by atoms with van der Waals surface area (Å²) in [6, 6.07) is 69.2. The van der Waals surface area contributed by atoms with E-state index in [4.69, 9.17) is 6.85 Å². The highest BCUT2D eigenvalue weighted by Gasteiger charge is 2.33. The third-order valence-corrected chi connectivity index (χ3v) is 17.1. The van der Waals surface area contributed by atoms with E-state index in [1.54, 1.807) is 11.3 Å². The predicted octanol–water partition coefficient (Wildman–Crippen LogP) is 19.7. The molecular weight excluding hydrogens is 937 g/mol. The zero-order chi connectivity index (χ0) is 53.4. The van der Waals surface area contributed by atoms with Crippen molar-refractivity contribution in [2.24, 2.45) is 0 Å². The molecule has 15 aromatic rings. The van der Waals surface area contributed by atoms with Crippen molar-refractivity contribution in [3.05, 3.63) is 247 Å². The minimum absolute atomic E-state index is 0.138. The van der Waals surface area contributed by atoms with Gasteiger partial charge in [0.2, 0.25) is 5.69 Å². The lowest BCUT2D eigenvalue weighted by molar-refractivity contribution is 1.14. The molecule has 0 unspecified atom stereocenters. The van der Waals surface area contributed by atoms with Crippen LogP contribution in [-0.2, 0) is 0 Å². The summed E-state index contributed by atoms with van der Waals surface area (Å²) in [4.78, 5) is 4.56. The molecule has 0 saturated heterocycles. The van der Waals surface area contributed by atoms with Gasteiger partial charge < -0.3 is 9.13 Å². The fraction of sp³-hybridized carbons (Fsp3) is 0. The fourth-order valence-corrected chi connectivity index (χ4v) is 14.2. The maximum atomic E-state index is 12.3. The van der Waals surface area contributed by atoms with Gasteiger partial charge in [0.25, 0.3) is 0 Å².